The van der Waals surface area contributed by atoms with Crippen LogP contribution in [0.25, 0.3) is 22.1 Å². The fraction of sp³-hybridized carbons (Fsp3) is 0.444. The monoisotopic (exact) mass is 373 g/mol. The number of H-pyrrole nitrogens is 1. The van der Waals surface area contributed by atoms with E-state index in [9.17, 15) is 4.79 Å². The molecule has 0 saturated carbocycles. The summed E-state index contributed by atoms with van der Waals surface area (Å²) in [5.74, 6) is 1.12. The molecule has 0 fully saturated rings. The molecule has 138 valence electrons. The summed E-state index contributed by atoms with van der Waals surface area (Å²) < 4.78 is 5.26. The number of thioether (sulfide) groups is 1. The van der Waals surface area contributed by atoms with Crippen LogP contribution in [0.5, 0.6) is 5.75 Å². The molecule has 0 radical (unpaired) electrons. The van der Waals surface area contributed by atoms with Gasteiger partial charge in [-0.1, -0.05) is 11.8 Å². The fourth-order valence-corrected chi connectivity index (χ4v) is 3.75. The van der Waals surface area contributed by atoms with Crippen LogP contribution in [0, 0.1) is 0 Å². The number of amides is 1. The minimum Gasteiger partial charge on any atom is -0.497 e. The highest BCUT2D eigenvalue weighted by Gasteiger charge is 2.20. The van der Waals surface area contributed by atoms with Crippen LogP contribution in [0.15, 0.2) is 23.4 Å². The zero-order chi connectivity index (χ0) is 18.8. The van der Waals surface area contributed by atoms with Gasteiger partial charge in [-0.2, -0.15) is 0 Å². The number of hydrogen-bond acceptors (Lipinski definition) is 6. The Kier molecular flexibility index (Phi) is 5.31. The molecule has 3 rings (SSSR count). The number of carbonyl (C=O) groups excluding carboxylic acids is 1. The number of rotatable bonds is 6. The van der Waals surface area contributed by atoms with Crippen molar-refractivity contribution in [2.24, 2.45) is 0 Å². The van der Waals surface area contributed by atoms with Gasteiger partial charge < -0.3 is 14.6 Å². The van der Waals surface area contributed by atoms with Crippen LogP contribution in [0.4, 0.5) is 0 Å². The Morgan fingerprint density at radius 1 is 1.23 bits per heavy atom. The molecule has 0 aliphatic heterocycles. The highest BCUT2D eigenvalue weighted by atomic mass is 32.2. The number of nitrogens with zero attached hydrogens (tertiary/aromatic N) is 4. The third-order valence-corrected chi connectivity index (χ3v) is 4.95. The number of nitrogens with one attached hydrogen (secondary N) is 1. The van der Waals surface area contributed by atoms with Gasteiger partial charge in [0.2, 0.25) is 11.1 Å². The lowest BCUT2D eigenvalue weighted by atomic mass is 10.2. The minimum absolute atomic E-state index is 0.0741. The number of hydrogen-bond donors (Lipinski definition) is 1. The van der Waals surface area contributed by atoms with Crippen molar-refractivity contribution in [2.45, 2.75) is 44.9 Å². The van der Waals surface area contributed by atoms with E-state index in [1.807, 2.05) is 50.8 Å². The van der Waals surface area contributed by atoms with Gasteiger partial charge in [-0.15, -0.1) is 10.2 Å². The first-order valence-electron chi connectivity index (χ1n) is 8.54. The van der Waals surface area contributed by atoms with Crippen molar-refractivity contribution in [3.05, 3.63) is 18.2 Å². The lowest BCUT2D eigenvalue weighted by molar-refractivity contribution is -0.131. The van der Waals surface area contributed by atoms with E-state index in [0.29, 0.717) is 16.3 Å². The second-order valence-corrected chi connectivity index (χ2v) is 7.55. The summed E-state index contributed by atoms with van der Waals surface area (Å²) in [5.41, 5.74) is 2.27. The molecule has 2 aromatic heterocycles. The number of fused-ring (bicyclic) bond motifs is 3. The van der Waals surface area contributed by atoms with E-state index in [4.69, 9.17) is 4.74 Å². The molecular formula is C18H23N5O2S. The number of aromatic nitrogens is 4. The predicted molar refractivity (Wildman–Crippen MR) is 104 cm³/mol. The highest BCUT2D eigenvalue weighted by molar-refractivity contribution is 7.99. The van der Waals surface area contributed by atoms with E-state index in [-0.39, 0.29) is 23.7 Å². The summed E-state index contributed by atoms with van der Waals surface area (Å²) in [5, 5.41) is 9.87. The molecule has 1 aromatic carbocycles. The van der Waals surface area contributed by atoms with Gasteiger partial charge in [-0.05, 0) is 45.9 Å². The summed E-state index contributed by atoms with van der Waals surface area (Å²) in [7, 11) is 1.63. The standard InChI is InChI=1S/C18H23N5O2S/c1-10(2)23(11(3)4)15(24)9-26-18-20-17-16(21-22-18)13-8-12(25-5)6-7-14(13)19-17/h6-8,10-11H,9H2,1-5H3,(H,19,20,22). The first-order valence-corrected chi connectivity index (χ1v) is 9.53. The number of ether oxygens (including phenoxy) is 1. The Hall–Kier alpha value is -2.35. The normalized spacial score (nSPS) is 11.7. The summed E-state index contributed by atoms with van der Waals surface area (Å²) in [6.45, 7) is 8.08. The molecule has 0 aliphatic rings. The number of benzene rings is 1. The van der Waals surface area contributed by atoms with Crippen LogP contribution in [0.3, 0.4) is 0 Å². The molecule has 3 aromatic rings. The van der Waals surface area contributed by atoms with Gasteiger partial charge in [0.25, 0.3) is 0 Å². The lowest BCUT2D eigenvalue weighted by Gasteiger charge is -2.30. The van der Waals surface area contributed by atoms with Crippen LogP contribution in [0.1, 0.15) is 27.7 Å². The molecule has 1 amide bonds. The van der Waals surface area contributed by atoms with Gasteiger partial charge in [-0.3, -0.25) is 4.79 Å². The van der Waals surface area contributed by atoms with Crippen molar-refractivity contribution in [1.82, 2.24) is 25.1 Å². The Labute approximate surface area is 156 Å². The SMILES string of the molecule is COc1ccc2[nH]c3nc(SCC(=O)N(C(C)C)C(C)C)nnc3c2c1. The van der Waals surface area contributed by atoms with Crippen LogP contribution in [0.2, 0.25) is 0 Å². The minimum atomic E-state index is 0.0741. The van der Waals surface area contributed by atoms with E-state index in [1.54, 1.807) is 7.11 Å². The summed E-state index contributed by atoms with van der Waals surface area (Å²) >= 11 is 1.30. The van der Waals surface area contributed by atoms with Crippen LogP contribution in [-0.2, 0) is 4.79 Å². The van der Waals surface area contributed by atoms with Gasteiger partial charge >= 0.3 is 0 Å². The molecule has 0 aliphatic carbocycles. The summed E-state index contributed by atoms with van der Waals surface area (Å²) in [6.07, 6.45) is 0. The van der Waals surface area contributed by atoms with Crippen molar-refractivity contribution in [3.63, 3.8) is 0 Å². The van der Waals surface area contributed by atoms with Gasteiger partial charge in [0, 0.05) is 23.0 Å². The molecule has 26 heavy (non-hydrogen) atoms. The molecule has 0 spiro atoms. The van der Waals surface area contributed by atoms with E-state index < -0.39 is 0 Å². The second kappa shape index (κ2) is 7.49. The van der Waals surface area contributed by atoms with E-state index in [1.165, 1.54) is 11.8 Å². The van der Waals surface area contributed by atoms with E-state index in [2.05, 4.69) is 20.2 Å². The van der Waals surface area contributed by atoms with Crippen molar-refractivity contribution in [1.29, 1.82) is 0 Å². The Morgan fingerprint density at radius 3 is 2.62 bits per heavy atom. The molecule has 0 unspecified atom stereocenters. The first kappa shape index (κ1) is 18.4. The first-order chi connectivity index (χ1) is 12.4. The van der Waals surface area contributed by atoms with Crippen molar-refractivity contribution >= 4 is 39.7 Å². The van der Waals surface area contributed by atoms with Crippen molar-refractivity contribution in [3.8, 4) is 5.75 Å². The maximum Gasteiger partial charge on any atom is 0.233 e. The van der Waals surface area contributed by atoms with Crippen LogP contribution < -0.4 is 4.74 Å². The molecule has 0 bridgehead atoms. The van der Waals surface area contributed by atoms with Gasteiger partial charge in [0.1, 0.15) is 11.3 Å². The highest BCUT2D eigenvalue weighted by Crippen LogP contribution is 2.27. The van der Waals surface area contributed by atoms with E-state index in [0.717, 1.165) is 16.7 Å². The largest absolute Gasteiger partial charge is 0.497 e. The van der Waals surface area contributed by atoms with Gasteiger partial charge in [-0.25, -0.2) is 4.98 Å². The summed E-state index contributed by atoms with van der Waals surface area (Å²) in [6, 6.07) is 6.04. The Bertz CT molecular complexity index is 930. The summed E-state index contributed by atoms with van der Waals surface area (Å²) in [4.78, 5) is 22.1. The molecule has 0 saturated heterocycles. The van der Waals surface area contributed by atoms with Crippen LogP contribution >= 0.6 is 11.8 Å². The molecule has 2 heterocycles. The van der Waals surface area contributed by atoms with Crippen molar-refractivity contribution < 1.29 is 9.53 Å². The second-order valence-electron chi connectivity index (χ2n) is 6.61. The topological polar surface area (TPSA) is 84.0 Å². The Balaban J connectivity index is 1.81. The third kappa shape index (κ3) is 3.60. The fourth-order valence-electron chi connectivity index (χ4n) is 3.10. The molecule has 0 atom stereocenters. The molecule has 8 heteroatoms. The quantitative estimate of drug-likeness (QED) is 0.668. The molecule has 7 nitrogen and oxygen atoms in total. The maximum absolute atomic E-state index is 12.5. The van der Waals surface area contributed by atoms with Crippen LogP contribution in [-0.4, -0.2) is 55.9 Å². The lowest BCUT2D eigenvalue weighted by Crippen LogP contribution is -2.43. The number of methoxy groups -OCH3 is 1. The zero-order valence-electron chi connectivity index (χ0n) is 15.6. The average molecular weight is 373 g/mol. The van der Waals surface area contributed by atoms with E-state index >= 15 is 0 Å². The number of carbonyl (C=O) groups is 1. The number of aromatic amines is 1. The average Bonchev–Trinajstić information content (AvgIpc) is 2.96. The van der Waals surface area contributed by atoms with Gasteiger partial charge in [0.05, 0.1) is 12.9 Å². The Morgan fingerprint density at radius 2 is 1.96 bits per heavy atom. The van der Waals surface area contributed by atoms with Crippen molar-refractivity contribution in [2.75, 3.05) is 12.9 Å². The predicted octanol–water partition coefficient (Wildman–Crippen LogP) is 3.25. The molecular weight excluding hydrogens is 350 g/mol. The third-order valence-electron chi connectivity index (χ3n) is 4.13. The molecule has 1 N–H and O–H groups in total. The zero-order valence-corrected chi connectivity index (χ0v) is 16.4. The van der Waals surface area contributed by atoms with Gasteiger partial charge in [0.15, 0.2) is 5.65 Å². The maximum atomic E-state index is 12.5. The smallest absolute Gasteiger partial charge is 0.233 e.